The van der Waals surface area contributed by atoms with Crippen molar-refractivity contribution in [3.63, 3.8) is 0 Å². The second-order valence-corrected chi connectivity index (χ2v) is 13.3. The first-order chi connectivity index (χ1) is 20.1. The average Bonchev–Trinajstić information content (AvgIpc) is 3.00. The number of hydrogen-bond acceptors (Lipinski definition) is 4. The zero-order valence-corrected chi connectivity index (χ0v) is 26.3. The van der Waals surface area contributed by atoms with Crippen molar-refractivity contribution in [3.8, 4) is 0 Å². The van der Waals surface area contributed by atoms with E-state index in [-0.39, 0.29) is 23.4 Å². The number of anilines is 1. The highest BCUT2D eigenvalue weighted by Crippen LogP contribution is 2.27. The van der Waals surface area contributed by atoms with E-state index in [0.717, 1.165) is 48.4 Å². The molecule has 3 aromatic carbocycles. The van der Waals surface area contributed by atoms with Crippen molar-refractivity contribution in [3.05, 3.63) is 94.0 Å². The standard InChI is InChI=1S/C32H37Cl2N3O4S/c1-3-24-14-17-27(18-15-24)37(42(40,41)28-12-8-5-9-13-28)22-31(38)36(21-25-16-19-29(33)30(34)20-25)23(2)32(39)35-26-10-6-4-7-11-26/h5,8-9,12-20,23,26H,3-4,6-7,10-11,21-22H2,1-2H3,(H,35,39)/t23-/m0/s1. The molecule has 1 aliphatic carbocycles. The van der Waals surface area contributed by atoms with Crippen molar-refractivity contribution in [2.24, 2.45) is 0 Å². The number of sulfonamides is 1. The number of nitrogens with one attached hydrogen (secondary N) is 1. The molecule has 2 amide bonds. The molecular weight excluding hydrogens is 593 g/mol. The Morgan fingerprint density at radius 2 is 1.55 bits per heavy atom. The van der Waals surface area contributed by atoms with Crippen LogP contribution in [-0.2, 0) is 32.6 Å². The maximum Gasteiger partial charge on any atom is 0.264 e. The summed E-state index contributed by atoms with van der Waals surface area (Å²) in [5.41, 5.74) is 2.06. The van der Waals surface area contributed by atoms with E-state index in [4.69, 9.17) is 23.2 Å². The number of carbonyl (C=O) groups is 2. The number of amides is 2. The molecule has 1 aliphatic rings. The lowest BCUT2D eigenvalue weighted by molar-refractivity contribution is -0.139. The number of benzene rings is 3. The molecular formula is C32H37Cl2N3O4S. The number of hydrogen-bond donors (Lipinski definition) is 1. The smallest absolute Gasteiger partial charge is 0.264 e. The molecule has 0 saturated heterocycles. The van der Waals surface area contributed by atoms with Crippen molar-refractivity contribution in [1.82, 2.24) is 10.2 Å². The van der Waals surface area contributed by atoms with Crippen molar-refractivity contribution in [2.75, 3.05) is 10.8 Å². The molecule has 224 valence electrons. The minimum atomic E-state index is -4.11. The second-order valence-electron chi connectivity index (χ2n) is 10.6. The molecule has 7 nitrogen and oxygen atoms in total. The minimum absolute atomic E-state index is 0.0446. The van der Waals surface area contributed by atoms with Gasteiger partial charge in [0.05, 0.1) is 20.6 Å². The first kappa shape index (κ1) is 31.9. The maximum absolute atomic E-state index is 14.1. The summed E-state index contributed by atoms with van der Waals surface area (Å²) in [4.78, 5) is 29.0. The molecule has 1 fully saturated rings. The molecule has 3 aromatic rings. The van der Waals surface area contributed by atoms with Gasteiger partial charge in [-0.2, -0.15) is 0 Å². The maximum atomic E-state index is 14.1. The van der Waals surface area contributed by atoms with Gasteiger partial charge < -0.3 is 10.2 Å². The van der Waals surface area contributed by atoms with Gasteiger partial charge >= 0.3 is 0 Å². The fourth-order valence-electron chi connectivity index (χ4n) is 5.13. The van der Waals surface area contributed by atoms with Crippen LogP contribution in [0.1, 0.15) is 57.1 Å². The fourth-order valence-corrected chi connectivity index (χ4v) is 6.89. The van der Waals surface area contributed by atoms with Gasteiger partial charge in [0, 0.05) is 12.6 Å². The zero-order chi connectivity index (χ0) is 30.3. The Bertz CT molecular complexity index is 1480. The van der Waals surface area contributed by atoms with Gasteiger partial charge in [-0.1, -0.05) is 85.8 Å². The van der Waals surface area contributed by atoms with Gasteiger partial charge in [0.25, 0.3) is 10.0 Å². The lowest BCUT2D eigenvalue weighted by Crippen LogP contribution is -2.53. The molecule has 1 atom stereocenters. The number of aryl methyl sites for hydroxylation is 1. The third kappa shape index (κ3) is 7.85. The van der Waals surface area contributed by atoms with E-state index >= 15 is 0 Å². The molecule has 0 radical (unpaired) electrons. The van der Waals surface area contributed by atoms with Gasteiger partial charge in [0.1, 0.15) is 12.6 Å². The summed E-state index contributed by atoms with van der Waals surface area (Å²) in [6.45, 7) is 3.23. The Morgan fingerprint density at radius 1 is 0.905 bits per heavy atom. The van der Waals surface area contributed by atoms with Gasteiger partial charge in [-0.25, -0.2) is 8.42 Å². The van der Waals surface area contributed by atoms with E-state index in [1.54, 1.807) is 55.5 Å². The normalized spacial score (nSPS) is 14.7. The number of carbonyl (C=O) groups excluding carboxylic acids is 2. The predicted octanol–water partition coefficient (Wildman–Crippen LogP) is 6.62. The van der Waals surface area contributed by atoms with Gasteiger partial charge in [0.15, 0.2) is 0 Å². The third-order valence-electron chi connectivity index (χ3n) is 7.70. The van der Waals surface area contributed by atoms with Gasteiger partial charge in [-0.3, -0.25) is 13.9 Å². The molecule has 0 heterocycles. The second kappa shape index (κ2) is 14.4. The number of halogens is 2. The van der Waals surface area contributed by atoms with Crippen LogP contribution in [0.5, 0.6) is 0 Å². The molecule has 0 unspecified atom stereocenters. The molecule has 10 heteroatoms. The van der Waals surface area contributed by atoms with Crippen molar-refractivity contribution in [1.29, 1.82) is 0 Å². The van der Waals surface area contributed by atoms with Crippen molar-refractivity contribution < 1.29 is 18.0 Å². The average molecular weight is 631 g/mol. The largest absolute Gasteiger partial charge is 0.352 e. The Balaban J connectivity index is 1.68. The quantitative estimate of drug-likeness (QED) is 0.258. The monoisotopic (exact) mass is 629 g/mol. The molecule has 0 aliphatic heterocycles. The summed E-state index contributed by atoms with van der Waals surface area (Å²) < 4.78 is 28.9. The summed E-state index contributed by atoms with van der Waals surface area (Å²) in [5, 5.41) is 3.80. The Labute approximate surface area is 258 Å². The van der Waals surface area contributed by atoms with Crippen LogP contribution in [0, 0.1) is 0 Å². The molecule has 1 saturated carbocycles. The van der Waals surface area contributed by atoms with Crippen LogP contribution in [0.15, 0.2) is 77.7 Å². The van der Waals surface area contributed by atoms with Crippen LogP contribution in [-0.4, -0.2) is 43.8 Å². The summed E-state index contributed by atoms with van der Waals surface area (Å²) >= 11 is 12.4. The van der Waals surface area contributed by atoms with Gasteiger partial charge in [-0.05, 0) is 73.7 Å². The Morgan fingerprint density at radius 3 is 2.17 bits per heavy atom. The summed E-state index contributed by atoms with van der Waals surface area (Å²) in [6.07, 6.45) is 5.83. The zero-order valence-electron chi connectivity index (χ0n) is 23.9. The lowest BCUT2D eigenvalue weighted by atomic mass is 9.95. The lowest BCUT2D eigenvalue weighted by Gasteiger charge is -2.33. The van der Waals surface area contributed by atoms with E-state index in [0.29, 0.717) is 21.3 Å². The van der Waals surface area contributed by atoms with E-state index in [1.165, 1.54) is 17.0 Å². The van der Waals surface area contributed by atoms with E-state index in [1.807, 2.05) is 19.1 Å². The third-order valence-corrected chi connectivity index (χ3v) is 10.2. The molecule has 0 bridgehead atoms. The van der Waals surface area contributed by atoms with E-state index in [2.05, 4.69) is 5.32 Å². The highest BCUT2D eigenvalue weighted by atomic mass is 35.5. The number of rotatable bonds is 11. The first-order valence-electron chi connectivity index (χ1n) is 14.3. The molecule has 0 spiro atoms. The predicted molar refractivity (Wildman–Crippen MR) is 168 cm³/mol. The van der Waals surface area contributed by atoms with Crippen LogP contribution in [0.25, 0.3) is 0 Å². The van der Waals surface area contributed by atoms with Gasteiger partial charge in [0.2, 0.25) is 11.8 Å². The molecule has 42 heavy (non-hydrogen) atoms. The van der Waals surface area contributed by atoms with Crippen LogP contribution in [0.3, 0.4) is 0 Å². The Kier molecular flexibility index (Phi) is 10.9. The van der Waals surface area contributed by atoms with Crippen LogP contribution in [0.2, 0.25) is 10.0 Å². The Hall–Kier alpha value is -3.07. The van der Waals surface area contributed by atoms with Crippen LogP contribution in [0.4, 0.5) is 5.69 Å². The van der Waals surface area contributed by atoms with E-state index in [9.17, 15) is 18.0 Å². The highest BCUT2D eigenvalue weighted by Gasteiger charge is 2.33. The van der Waals surface area contributed by atoms with Crippen molar-refractivity contribution in [2.45, 2.75) is 75.9 Å². The fraction of sp³-hybridized carbons (Fsp3) is 0.375. The minimum Gasteiger partial charge on any atom is -0.352 e. The topological polar surface area (TPSA) is 86.8 Å². The molecule has 0 aromatic heterocycles. The van der Waals surface area contributed by atoms with Crippen LogP contribution < -0.4 is 9.62 Å². The summed E-state index contributed by atoms with van der Waals surface area (Å²) in [6, 6.07) is 19.3. The number of nitrogens with zero attached hydrogens (tertiary/aromatic N) is 2. The van der Waals surface area contributed by atoms with Crippen LogP contribution >= 0.6 is 23.2 Å². The van der Waals surface area contributed by atoms with Crippen molar-refractivity contribution >= 4 is 50.7 Å². The SMILES string of the molecule is CCc1ccc(N(CC(=O)N(Cc2ccc(Cl)c(Cl)c2)[C@@H](C)C(=O)NC2CCCCC2)S(=O)(=O)c2ccccc2)cc1. The summed E-state index contributed by atoms with van der Waals surface area (Å²) in [5.74, 6) is -0.800. The summed E-state index contributed by atoms with van der Waals surface area (Å²) in [7, 11) is -4.11. The molecule has 4 rings (SSSR count). The highest BCUT2D eigenvalue weighted by molar-refractivity contribution is 7.92. The van der Waals surface area contributed by atoms with Gasteiger partial charge in [-0.15, -0.1) is 0 Å². The first-order valence-corrected chi connectivity index (χ1v) is 16.5. The van der Waals surface area contributed by atoms with E-state index < -0.39 is 28.5 Å². The molecule has 1 N–H and O–H groups in total.